The van der Waals surface area contributed by atoms with E-state index in [9.17, 15) is 13.2 Å². The molecule has 2 fully saturated rings. The minimum Gasteiger partial charge on any atom is -0.383 e. The van der Waals surface area contributed by atoms with Crippen molar-refractivity contribution in [2.75, 3.05) is 18.8 Å². The fourth-order valence-corrected chi connectivity index (χ4v) is 6.42. The van der Waals surface area contributed by atoms with Crippen molar-refractivity contribution in [1.29, 1.82) is 0 Å². The second kappa shape index (κ2) is 7.44. The zero-order valence-corrected chi connectivity index (χ0v) is 18.7. The number of sulfone groups is 1. The lowest BCUT2D eigenvalue weighted by Gasteiger charge is -2.17. The number of hydrogen-bond acceptors (Lipinski definition) is 6. The Morgan fingerprint density at radius 2 is 1.91 bits per heavy atom. The van der Waals surface area contributed by atoms with Crippen molar-refractivity contribution in [1.82, 2.24) is 19.4 Å². The zero-order valence-electron chi connectivity index (χ0n) is 17.9. The summed E-state index contributed by atoms with van der Waals surface area (Å²) < 4.78 is 27.3. The maximum Gasteiger partial charge on any atom is 0.245 e. The molecule has 2 aliphatic rings. The Labute approximate surface area is 186 Å². The van der Waals surface area contributed by atoms with Gasteiger partial charge in [-0.2, -0.15) is 0 Å². The van der Waals surface area contributed by atoms with Gasteiger partial charge in [0.1, 0.15) is 17.8 Å². The van der Waals surface area contributed by atoms with E-state index in [0.29, 0.717) is 29.5 Å². The summed E-state index contributed by atoms with van der Waals surface area (Å²) in [7, 11) is -1.32. The molecule has 8 nitrogen and oxygen atoms in total. The van der Waals surface area contributed by atoms with Crippen LogP contribution in [-0.4, -0.2) is 52.1 Å². The minimum atomic E-state index is -3.26. The first-order chi connectivity index (χ1) is 15.3. The molecule has 5 rings (SSSR count). The quantitative estimate of drug-likeness (QED) is 0.597. The number of carbonyl (C=O) groups is 1. The molecule has 1 amide bonds. The first-order valence-electron chi connectivity index (χ1n) is 10.7. The molecule has 2 N–H and O–H groups in total. The van der Waals surface area contributed by atoms with E-state index in [0.717, 1.165) is 41.5 Å². The van der Waals surface area contributed by atoms with Crippen LogP contribution in [0.25, 0.3) is 22.2 Å². The number of likely N-dealkylation sites (tertiary alicyclic amines) is 1. The molecule has 1 saturated carbocycles. The third-order valence-corrected chi connectivity index (χ3v) is 8.82. The van der Waals surface area contributed by atoms with Crippen molar-refractivity contribution >= 4 is 32.6 Å². The fraction of sp³-hybridized carbons (Fsp3) is 0.348. The van der Waals surface area contributed by atoms with Crippen molar-refractivity contribution in [3.63, 3.8) is 0 Å². The Balaban J connectivity index is 1.64. The molecule has 9 heteroatoms. The summed E-state index contributed by atoms with van der Waals surface area (Å²) in [6.07, 6.45) is 5.05. The van der Waals surface area contributed by atoms with Gasteiger partial charge in [-0.3, -0.25) is 4.79 Å². The van der Waals surface area contributed by atoms with Gasteiger partial charge in [0.2, 0.25) is 5.91 Å². The number of aryl methyl sites for hydroxylation is 1. The monoisotopic (exact) mass is 451 g/mol. The third kappa shape index (κ3) is 3.19. The van der Waals surface area contributed by atoms with E-state index in [2.05, 4.69) is 16.5 Å². The highest BCUT2D eigenvalue weighted by Gasteiger charge is 2.37. The van der Waals surface area contributed by atoms with Gasteiger partial charge in [0.05, 0.1) is 15.5 Å². The van der Waals surface area contributed by atoms with Gasteiger partial charge < -0.3 is 15.2 Å². The Bertz CT molecular complexity index is 1340. The number of nitrogen functional groups attached to an aromatic ring is 1. The number of nitrogens with zero attached hydrogens (tertiary/aromatic N) is 4. The molecule has 1 aromatic carbocycles. The van der Waals surface area contributed by atoms with Crippen LogP contribution in [-0.2, 0) is 21.7 Å². The van der Waals surface area contributed by atoms with Crippen LogP contribution < -0.4 is 5.73 Å². The van der Waals surface area contributed by atoms with Crippen LogP contribution in [0.4, 0.5) is 5.82 Å². The molecule has 1 aliphatic heterocycles. The lowest BCUT2D eigenvalue weighted by Crippen LogP contribution is -2.26. The summed E-state index contributed by atoms with van der Waals surface area (Å²) >= 11 is 0. The zero-order chi connectivity index (χ0) is 22.6. The number of anilines is 1. The Kier molecular flexibility index (Phi) is 4.81. The summed E-state index contributed by atoms with van der Waals surface area (Å²) in [5.41, 5.74) is 9.77. The standard InChI is InChI=1S/C23H25N5O3S/c1-3-18(29)28-11-10-15(12-28)21-19(20-22(24)25-13-26-23(20)27(21)2)14-4-6-16(7-5-14)32(30,31)17-8-9-17/h3-7,13,15,17H,1,8-12H2,2H3,(H2,24,25,26). The Morgan fingerprint density at radius 3 is 2.56 bits per heavy atom. The Morgan fingerprint density at radius 1 is 1.19 bits per heavy atom. The van der Waals surface area contributed by atoms with Crippen LogP contribution in [0.3, 0.4) is 0 Å². The molecule has 3 aromatic rings. The first kappa shape index (κ1) is 20.7. The van der Waals surface area contributed by atoms with Gasteiger partial charge in [-0.25, -0.2) is 18.4 Å². The second-order valence-corrected chi connectivity index (χ2v) is 10.7. The average Bonchev–Trinajstić information content (AvgIpc) is 3.48. The highest BCUT2D eigenvalue weighted by molar-refractivity contribution is 7.92. The molecule has 0 radical (unpaired) electrons. The molecule has 1 aliphatic carbocycles. The number of fused-ring (bicyclic) bond motifs is 1. The van der Waals surface area contributed by atoms with E-state index in [1.165, 1.54) is 12.4 Å². The van der Waals surface area contributed by atoms with Crippen molar-refractivity contribution in [3.05, 3.63) is 48.9 Å². The van der Waals surface area contributed by atoms with Crippen molar-refractivity contribution in [3.8, 4) is 11.1 Å². The smallest absolute Gasteiger partial charge is 0.245 e. The molecule has 32 heavy (non-hydrogen) atoms. The lowest BCUT2D eigenvalue weighted by molar-refractivity contribution is -0.125. The number of hydrogen-bond donors (Lipinski definition) is 1. The molecule has 0 bridgehead atoms. The third-order valence-electron chi connectivity index (χ3n) is 6.54. The van der Waals surface area contributed by atoms with Gasteiger partial charge in [0, 0.05) is 37.3 Å². The highest BCUT2D eigenvalue weighted by Crippen LogP contribution is 2.43. The van der Waals surface area contributed by atoms with Crippen LogP contribution >= 0.6 is 0 Å². The van der Waals surface area contributed by atoms with Crippen molar-refractivity contribution < 1.29 is 13.2 Å². The maximum atomic E-state index is 12.6. The summed E-state index contributed by atoms with van der Waals surface area (Å²) in [6, 6.07) is 7.02. The number of aromatic nitrogens is 3. The number of nitrogens with two attached hydrogens (primary N) is 1. The second-order valence-electron chi connectivity index (χ2n) is 8.52. The largest absolute Gasteiger partial charge is 0.383 e. The number of carbonyl (C=O) groups excluding carboxylic acids is 1. The summed E-state index contributed by atoms with van der Waals surface area (Å²) in [5.74, 6) is 0.377. The topological polar surface area (TPSA) is 111 Å². The van der Waals surface area contributed by atoms with Crippen LogP contribution in [0.2, 0.25) is 0 Å². The van der Waals surface area contributed by atoms with Gasteiger partial charge in [0.15, 0.2) is 9.84 Å². The van der Waals surface area contributed by atoms with Gasteiger partial charge >= 0.3 is 0 Å². The normalized spacial score (nSPS) is 18.9. The summed E-state index contributed by atoms with van der Waals surface area (Å²) in [6.45, 7) is 4.82. The minimum absolute atomic E-state index is 0.0817. The summed E-state index contributed by atoms with van der Waals surface area (Å²) in [5, 5.41) is 0.494. The van der Waals surface area contributed by atoms with Crippen LogP contribution in [0.5, 0.6) is 0 Å². The van der Waals surface area contributed by atoms with E-state index in [4.69, 9.17) is 5.73 Å². The van der Waals surface area contributed by atoms with E-state index in [-0.39, 0.29) is 17.1 Å². The van der Waals surface area contributed by atoms with Crippen LogP contribution in [0, 0.1) is 0 Å². The highest BCUT2D eigenvalue weighted by atomic mass is 32.2. The fourth-order valence-electron chi connectivity index (χ4n) is 4.76. The van der Waals surface area contributed by atoms with E-state index in [1.54, 1.807) is 17.0 Å². The van der Waals surface area contributed by atoms with E-state index in [1.807, 2.05) is 23.7 Å². The number of amides is 1. The van der Waals surface area contributed by atoms with Gasteiger partial charge in [-0.1, -0.05) is 18.7 Å². The van der Waals surface area contributed by atoms with Gasteiger partial charge in [0.25, 0.3) is 0 Å². The molecule has 166 valence electrons. The molecule has 1 saturated heterocycles. The Hall–Kier alpha value is -3.20. The van der Waals surface area contributed by atoms with Gasteiger partial charge in [-0.15, -0.1) is 0 Å². The number of rotatable bonds is 5. The molecule has 2 aromatic heterocycles. The molecular formula is C23H25N5O3S. The maximum absolute atomic E-state index is 12.6. The van der Waals surface area contributed by atoms with Crippen LogP contribution in [0.1, 0.15) is 30.9 Å². The van der Waals surface area contributed by atoms with Crippen molar-refractivity contribution in [2.45, 2.75) is 35.3 Å². The van der Waals surface area contributed by atoms with E-state index < -0.39 is 9.84 Å². The predicted octanol–water partition coefficient (Wildman–Crippen LogP) is 2.66. The van der Waals surface area contributed by atoms with Crippen LogP contribution in [0.15, 0.2) is 48.1 Å². The van der Waals surface area contributed by atoms with Crippen molar-refractivity contribution in [2.24, 2.45) is 7.05 Å². The SMILES string of the molecule is C=CC(=O)N1CCC(c2c(-c3ccc(S(=O)(=O)C4CC4)cc3)c3c(N)ncnc3n2C)C1. The molecule has 1 unspecified atom stereocenters. The summed E-state index contributed by atoms with van der Waals surface area (Å²) in [4.78, 5) is 22.9. The molecule has 0 spiro atoms. The molecule has 1 atom stereocenters. The van der Waals surface area contributed by atoms with E-state index >= 15 is 0 Å². The average molecular weight is 452 g/mol. The first-order valence-corrected chi connectivity index (χ1v) is 12.2. The number of benzene rings is 1. The molecule has 3 heterocycles. The predicted molar refractivity (Wildman–Crippen MR) is 123 cm³/mol. The van der Waals surface area contributed by atoms with Gasteiger partial charge in [-0.05, 0) is 43.0 Å². The lowest BCUT2D eigenvalue weighted by atomic mass is 9.94. The molecular weight excluding hydrogens is 426 g/mol.